The van der Waals surface area contributed by atoms with Gasteiger partial charge in [0.1, 0.15) is 6.17 Å². The number of halogens is 1. The van der Waals surface area contributed by atoms with Crippen LogP contribution in [-0.2, 0) is 0 Å². The Bertz CT molecular complexity index is 247. The van der Waals surface area contributed by atoms with Crippen LogP contribution in [0, 0.1) is 5.92 Å². The van der Waals surface area contributed by atoms with Crippen LogP contribution in [0.25, 0.3) is 0 Å². The van der Waals surface area contributed by atoms with Crippen molar-refractivity contribution in [3.05, 3.63) is 11.6 Å². The van der Waals surface area contributed by atoms with Crippen LogP contribution in [-0.4, -0.2) is 29.6 Å². The van der Waals surface area contributed by atoms with Gasteiger partial charge in [0.2, 0.25) is 0 Å². The maximum absolute atomic E-state index is 13.4. The average molecular weight is 187 g/mol. The summed E-state index contributed by atoms with van der Waals surface area (Å²) >= 11 is 0. The topological polar surface area (TPSA) is 26.0 Å². The molecule has 0 amide bonds. The Hall–Kier alpha value is -0.150. The second-order valence-corrected chi connectivity index (χ2v) is 5.49. The van der Waals surface area contributed by atoms with Gasteiger partial charge in [0.25, 0.3) is 0 Å². The molecule has 3 rings (SSSR count). The maximum atomic E-state index is 13.4. The Labute approximate surface area is 74.8 Å². The number of fused-ring (bicyclic) bond motifs is 3. The average Bonchev–Trinajstić information content (AvgIpc) is 2.34. The van der Waals surface area contributed by atoms with Crippen molar-refractivity contribution in [1.82, 2.24) is 0 Å². The zero-order chi connectivity index (χ0) is 8.55. The molecule has 3 heterocycles. The van der Waals surface area contributed by atoms with Gasteiger partial charge >= 0.3 is 0 Å². The minimum Gasteiger partial charge on any atom is -0.326 e. The second-order valence-electron chi connectivity index (χ2n) is 3.44. The molecule has 0 aromatic carbocycles. The summed E-state index contributed by atoms with van der Waals surface area (Å²) in [6.07, 6.45) is 2.46. The molecule has 68 valence electrons. The molecule has 3 unspecified atom stereocenters. The lowest BCUT2D eigenvalue weighted by atomic mass is 9.98. The molecule has 3 heteroatoms. The fourth-order valence-corrected chi connectivity index (χ4v) is 4.03. The van der Waals surface area contributed by atoms with Crippen LogP contribution in [0.15, 0.2) is 11.6 Å². The van der Waals surface area contributed by atoms with Crippen molar-refractivity contribution in [1.29, 1.82) is 0 Å². The SMILES string of the molecule is NCC1=CC2CCS(=C1)CC2F. The van der Waals surface area contributed by atoms with Crippen molar-refractivity contribution in [2.45, 2.75) is 12.6 Å². The van der Waals surface area contributed by atoms with Crippen LogP contribution >= 0.6 is 10.5 Å². The Balaban J connectivity index is 2.29. The monoisotopic (exact) mass is 187 g/mol. The van der Waals surface area contributed by atoms with E-state index in [1.165, 1.54) is 11.3 Å². The van der Waals surface area contributed by atoms with Crippen LogP contribution in [0.2, 0.25) is 0 Å². The summed E-state index contributed by atoms with van der Waals surface area (Å²) in [5.41, 5.74) is 6.72. The van der Waals surface area contributed by atoms with Crippen molar-refractivity contribution in [3.63, 3.8) is 0 Å². The number of alkyl halides is 1. The van der Waals surface area contributed by atoms with Gasteiger partial charge in [-0.05, 0) is 23.1 Å². The van der Waals surface area contributed by atoms with Crippen LogP contribution in [0.3, 0.4) is 0 Å². The number of rotatable bonds is 1. The molecule has 1 fully saturated rings. The largest absolute Gasteiger partial charge is 0.326 e. The molecule has 0 aromatic heterocycles. The van der Waals surface area contributed by atoms with E-state index >= 15 is 0 Å². The highest BCUT2D eigenvalue weighted by Gasteiger charge is 2.27. The molecule has 2 N–H and O–H groups in total. The molecule has 0 radical (unpaired) electrons. The molecule has 3 atom stereocenters. The predicted molar refractivity (Wildman–Crippen MR) is 53.5 cm³/mol. The first kappa shape index (κ1) is 8.45. The van der Waals surface area contributed by atoms with E-state index in [1.807, 2.05) is 6.08 Å². The molecule has 3 aliphatic heterocycles. The summed E-state index contributed by atoms with van der Waals surface area (Å²) in [5.74, 6) is 2.07. The Morgan fingerprint density at radius 3 is 3.17 bits per heavy atom. The number of nitrogens with two attached hydrogens (primary N) is 1. The molecule has 0 spiro atoms. The minimum absolute atomic E-state index is 0.158. The van der Waals surface area contributed by atoms with Gasteiger partial charge in [-0.15, -0.1) is 0 Å². The lowest BCUT2D eigenvalue weighted by molar-refractivity contribution is 0.282. The van der Waals surface area contributed by atoms with Gasteiger partial charge in [-0.25, -0.2) is 4.39 Å². The number of hydrogen-bond donors (Lipinski definition) is 1. The summed E-state index contributed by atoms with van der Waals surface area (Å²) in [7, 11) is 0.189. The first-order valence-electron chi connectivity index (χ1n) is 4.35. The Morgan fingerprint density at radius 2 is 2.50 bits per heavy atom. The summed E-state index contributed by atoms with van der Waals surface area (Å²) in [4.78, 5) is 0. The van der Waals surface area contributed by atoms with Gasteiger partial charge in [-0.2, -0.15) is 10.5 Å². The van der Waals surface area contributed by atoms with Crippen LogP contribution < -0.4 is 5.73 Å². The summed E-state index contributed by atoms with van der Waals surface area (Å²) in [6.45, 7) is 0.576. The summed E-state index contributed by atoms with van der Waals surface area (Å²) in [6, 6.07) is 0. The van der Waals surface area contributed by atoms with E-state index in [0.29, 0.717) is 6.54 Å². The Morgan fingerprint density at radius 1 is 1.67 bits per heavy atom. The number of hydrogen-bond acceptors (Lipinski definition) is 1. The number of allylic oxidation sites excluding steroid dienone is 1. The highest BCUT2D eigenvalue weighted by molar-refractivity contribution is 8.15. The zero-order valence-electron chi connectivity index (χ0n) is 7.00. The predicted octanol–water partition coefficient (Wildman–Crippen LogP) is 1.31. The van der Waals surface area contributed by atoms with Gasteiger partial charge in [-0.1, -0.05) is 6.08 Å². The lowest BCUT2D eigenvalue weighted by Gasteiger charge is -2.23. The van der Waals surface area contributed by atoms with Crippen molar-refractivity contribution in [2.75, 3.05) is 18.1 Å². The van der Waals surface area contributed by atoms with Gasteiger partial charge in [0.05, 0.1) is 0 Å². The van der Waals surface area contributed by atoms with Crippen LogP contribution in [0.4, 0.5) is 4.39 Å². The first-order chi connectivity index (χ1) is 5.79. The Kier molecular flexibility index (Phi) is 2.33. The molecule has 1 saturated heterocycles. The third-order valence-corrected chi connectivity index (χ3v) is 4.68. The molecule has 2 bridgehead atoms. The normalized spacial score (nSPS) is 40.2. The van der Waals surface area contributed by atoms with Crippen molar-refractivity contribution < 1.29 is 4.39 Å². The zero-order valence-corrected chi connectivity index (χ0v) is 7.82. The molecule has 0 saturated carbocycles. The molecule has 1 nitrogen and oxygen atoms in total. The van der Waals surface area contributed by atoms with Crippen molar-refractivity contribution in [3.8, 4) is 0 Å². The molecular weight excluding hydrogens is 173 g/mol. The maximum Gasteiger partial charge on any atom is 0.115 e. The van der Waals surface area contributed by atoms with Gasteiger partial charge in [0.15, 0.2) is 0 Å². The van der Waals surface area contributed by atoms with Gasteiger partial charge < -0.3 is 5.73 Å². The fourth-order valence-electron chi connectivity index (χ4n) is 1.82. The standard InChI is InChI=1S/C9H14FNS/c10-9-6-12-2-1-8(9)3-7(4-11)5-12/h3,5,8-9H,1-2,4,6,11H2. The van der Waals surface area contributed by atoms with Gasteiger partial charge in [0, 0.05) is 18.2 Å². The van der Waals surface area contributed by atoms with E-state index in [4.69, 9.17) is 5.73 Å². The second kappa shape index (κ2) is 3.30. The third kappa shape index (κ3) is 1.48. The minimum atomic E-state index is -0.609. The first-order valence-corrected chi connectivity index (χ1v) is 5.98. The molecule has 0 aromatic rings. The van der Waals surface area contributed by atoms with Crippen molar-refractivity contribution >= 4 is 15.9 Å². The van der Waals surface area contributed by atoms with E-state index in [2.05, 4.69) is 5.37 Å². The van der Waals surface area contributed by atoms with Crippen LogP contribution in [0.1, 0.15) is 6.42 Å². The lowest BCUT2D eigenvalue weighted by Crippen LogP contribution is -2.22. The molecule has 12 heavy (non-hydrogen) atoms. The van der Waals surface area contributed by atoms with E-state index < -0.39 is 6.17 Å². The van der Waals surface area contributed by atoms with E-state index in [1.54, 1.807) is 0 Å². The molecule has 3 aliphatic rings. The van der Waals surface area contributed by atoms with E-state index in [0.717, 1.165) is 12.2 Å². The van der Waals surface area contributed by atoms with E-state index in [9.17, 15) is 4.39 Å². The van der Waals surface area contributed by atoms with Gasteiger partial charge in [-0.3, -0.25) is 0 Å². The summed E-state index contributed by atoms with van der Waals surface area (Å²) in [5, 5.41) is 2.19. The quantitative estimate of drug-likeness (QED) is 0.615. The highest BCUT2D eigenvalue weighted by Crippen LogP contribution is 2.35. The van der Waals surface area contributed by atoms with Crippen LogP contribution in [0.5, 0.6) is 0 Å². The smallest absolute Gasteiger partial charge is 0.115 e. The third-order valence-electron chi connectivity index (χ3n) is 2.53. The van der Waals surface area contributed by atoms with Crippen molar-refractivity contribution in [2.24, 2.45) is 11.7 Å². The fraction of sp³-hybridized carbons (Fsp3) is 0.667. The van der Waals surface area contributed by atoms with E-state index in [-0.39, 0.29) is 16.4 Å². The summed E-state index contributed by atoms with van der Waals surface area (Å²) < 4.78 is 13.4. The molecule has 0 aliphatic carbocycles. The molecular formula is C9H14FNS. The highest BCUT2D eigenvalue weighted by atomic mass is 32.2.